The monoisotopic (exact) mass is 323 g/mol. The molecule has 0 amide bonds. The average molecular weight is 324 g/mol. The SMILES string of the molecule is CCNC(c1ncc(C)cn1)c1cccc(Br)c1F. The minimum atomic E-state index is -0.344. The summed E-state index contributed by atoms with van der Waals surface area (Å²) in [6.45, 7) is 4.59. The number of halogens is 2. The molecule has 0 aliphatic carbocycles. The molecule has 0 bridgehead atoms. The van der Waals surface area contributed by atoms with Crippen LogP contribution in [0.15, 0.2) is 35.1 Å². The van der Waals surface area contributed by atoms with E-state index in [1.54, 1.807) is 30.6 Å². The summed E-state index contributed by atoms with van der Waals surface area (Å²) in [7, 11) is 0. The first kappa shape index (κ1) is 14.1. The molecule has 0 spiro atoms. The number of aromatic nitrogens is 2. The molecule has 1 heterocycles. The van der Waals surface area contributed by atoms with Crippen molar-refractivity contribution in [3.05, 3.63) is 57.8 Å². The molecule has 19 heavy (non-hydrogen) atoms. The fraction of sp³-hybridized carbons (Fsp3) is 0.286. The van der Waals surface area contributed by atoms with Crippen molar-refractivity contribution in [1.29, 1.82) is 0 Å². The zero-order valence-corrected chi connectivity index (χ0v) is 12.4. The molecule has 2 rings (SSSR count). The van der Waals surface area contributed by atoms with Crippen LogP contribution in [0.2, 0.25) is 0 Å². The van der Waals surface area contributed by atoms with Gasteiger partial charge in [-0.3, -0.25) is 0 Å². The molecule has 0 fully saturated rings. The third-order valence-electron chi connectivity index (χ3n) is 2.76. The van der Waals surface area contributed by atoms with Gasteiger partial charge in [-0.15, -0.1) is 0 Å². The lowest BCUT2D eigenvalue weighted by molar-refractivity contribution is 0.539. The molecule has 0 aliphatic rings. The minimum Gasteiger partial charge on any atom is -0.304 e. The number of hydrogen-bond acceptors (Lipinski definition) is 3. The molecule has 2 aromatic rings. The van der Waals surface area contributed by atoms with Crippen molar-refractivity contribution >= 4 is 15.9 Å². The predicted molar refractivity (Wildman–Crippen MR) is 76.4 cm³/mol. The second-order valence-electron chi connectivity index (χ2n) is 4.25. The van der Waals surface area contributed by atoms with E-state index in [1.807, 2.05) is 13.8 Å². The standard InChI is InChI=1S/C14H15BrFN3/c1-3-17-13(14-18-7-9(2)8-19-14)10-5-4-6-11(15)12(10)16/h4-8,13,17H,3H2,1-2H3. The third kappa shape index (κ3) is 3.16. The quantitative estimate of drug-likeness (QED) is 0.937. The molecule has 5 heteroatoms. The van der Waals surface area contributed by atoms with Crippen molar-refractivity contribution in [2.75, 3.05) is 6.54 Å². The summed E-state index contributed by atoms with van der Waals surface area (Å²) in [4.78, 5) is 8.58. The molecule has 1 aromatic carbocycles. The van der Waals surface area contributed by atoms with Gasteiger partial charge in [0, 0.05) is 18.0 Å². The summed E-state index contributed by atoms with van der Waals surface area (Å²) >= 11 is 3.21. The molecule has 1 aromatic heterocycles. The molecule has 0 saturated heterocycles. The van der Waals surface area contributed by atoms with Crippen LogP contribution in [0, 0.1) is 12.7 Å². The lowest BCUT2D eigenvalue weighted by Crippen LogP contribution is -2.25. The van der Waals surface area contributed by atoms with Crippen molar-refractivity contribution in [3.8, 4) is 0 Å². The zero-order chi connectivity index (χ0) is 13.8. The van der Waals surface area contributed by atoms with E-state index in [0.717, 1.165) is 5.56 Å². The topological polar surface area (TPSA) is 37.8 Å². The average Bonchev–Trinajstić information content (AvgIpc) is 2.41. The highest BCUT2D eigenvalue weighted by Crippen LogP contribution is 2.26. The summed E-state index contributed by atoms with van der Waals surface area (Å²) in [5.41, 5.74) is 1.52. The highest BCUT2D eigenvalue weighted by molar-refractivity contribution is 9.10. The van der Waals surface area contributed by atoms with Gasteiger partial charge in [-0.2, -0.15) is 0 Å². The van der Waals surface area contributed by atoms with Gasteiger partial charge in [0.05, 0.1) is 10.5 Å². The summed E-state index contributed by atoms with van der Waals surface area (Å²) in [5, 5.41) is 3.22. The maximum Gasteiger partial charge on any atom is 0.149 e. The molecular weight excluding hydrogens is 309 g/mol. The maximum absolute atomic E-state index is 14.2. The molecule has 100 valence electrons. The molecule has 0 radical (unpaired) electrons. The number of hydrogen-bond donors (Lipinski definition) is 1. The largest absolute Gasteiger partial charge is 0.304 e. The minimum absolute atomic E-state index is 0.280. The molecule has 1 unspecified atom stereocenters. The molecule has 0 saturated carbocycles. The Bertz CT molecular complexity index is 557. The van der Waals surface area contributed by atoms with Crippen LogP contribution in [-0.4, -0.2) is 16.5 Å². The molecule has 3 nitrogen and oxygen atoms in total. The van der Waals surface area contributed by atoms with Crippen LogP contribution in [0.25, 0.3) is 0 Å². The van der Waals surface area contributed by atoms with Crippen LogP contribution in [0.3, 0.4) is 0 Å². The van der Waals surface area contributed by atoms with Gasteiger partial charge in [0.1, 0.15) is 11.6 Å². The second-order valence-corrected chi connectivity index (χ2v) is 5.11. The van der Waals surface area contributed by atoms with Gasteiger partial charge in [0.2, 0.25) is 0 Å². The Labute approximate surface area is 120 Å². The van der Waals surface area contributed by atoms with Gasteiger partial charge in [0.25, 0.3) is 0 Å². The lowest BCUT2D eigenvalue weighted by Gasteiger charge is -2.18. The molecule has 1 N–H and O–H groups in total. The van der Waals surface area contributed by atoms with Crippen LogP contribution < -0.4 is 5.32 Å². The van der Waals surface area contributed by atoms with Gasteiger partial charge < -0.3 is 5.32 Å². The summed E-state index contributed by atoms with van der Waals surface area (Å²) < 4.78 is 14.6. The summed E-state index contributed by atoms with van der Waals surface area (Å²) in [6, 6.07) is 4.89. The molecular formula is C14H15BrFN3. The van der Waals surface area contributed by atoms with Gasteiger partial charge in [-0.25, -0.2) is 14.4 Å². The van der Waals surface area contributed by atoms with Crippen molar-refractivity contribution in [3.63, 3.8) is 0 Å². The fourth-order valence-electron chi connectivity index (χ4n) is 1.84. The first-order chi connectivity index (χ1) is 9.13. The number of nitrogens with zero attached hydrogens (tertiary/aromatic N) is 2. The maximum atomic E-state index is 14.2. The van der Waals surface area contributed by atoms with Crippen LogP contribution in [-0.2, 0) is 0 Å². The van der Waals surface area contributed by atoms with Gasteiger partial charge >= 0.3 is 0 Å². The Morgan fingerprint density at radius 3 is 2.63 bits per heavy atom. The summed E-state index contributed by atoms with van der Waals surface area (Å²) in [6.07, 6.45) is 3.48. The van der Waals surface area contributed by atoms with Crippen molar-refractivity contribution in [2.45, 2.75) is 19.9 Å². The van der Waals surface area contributed by atoms with Gasteiger partial charge in [0.15, 0.2) is 0 Å². The lowest BCUT2D eigenvalue weighted by atomic mass is 10.1. The van der Waals surface area contributed by atoms with Crippen LogP contribution >= 0.6 is 15.9 Å². The smallest absolute Gasteiger partial charge is 0.149 e. The highest BCUT2D eigenvalue weighted by Gasteiger charge is 2.20. The van der Waals surface area contributed by atoms with E-state index in [1.165, 1.54) is 0 Å². The van der Waals surface area contributed by atoms with E-state index < -0.39 is 0 Å². The van der Waals surface area contributed by atoms with Crippen molar-refractivity contribution < 1.29 is 4.39 Å². The first-order valence-electron chi connectivity index (χ1n) is 6.09. The normalized spacial score (nSPS) is 12.4. The third-order valence-corrected chi connectivity index (χ3v) is 3.37. The first-order valence-corrected chi connectivity index (χ1v) is 6.88. The number of nitrogens with one attached hydrogen (secondary N) is 1. The van der Waals surface area contributed by atoms with E-state index in [2.05, 4.69) is 31.2 Å². The molecule has 1 atom stereocenters. The Hall–Kier alpha value is -1.33. The Kier molecular flexibility index (Phi) is 4.61. The summed E-state index contributed by atoms with van der Waals surface area (Å²) in [5.74, 6) is 0.294. The van der Waals surface area contributed by atoms with E-state index in [-0.39, 0.29) is 11.9 Å². The number of benzene rings is 1. The number of aryl methyl sites for hydroxylation is 1. The van der Waals surface area contributed by atoms with Crippen molar-refractivity contribution in [1.82, 2.24) is 15.3 Å². The van der Waals surface area contributed by atoms with E-state index in [4.69, 9.17) is 0 Å². The van der Waals surface area contributed by atoms with E-state index >= 15 is 0 Å². The van der Waals surface area contributed by atoms with Crippen LogP contribution in [0.5, 0.6) is 0 Å². The fourth-order valence-corrected chi connectivity index (χ4v) is 2.22. The van der Waals surface area contributed by atoms with Gasteiger partial charge in [-0.05, 0) is 41.0 Å². The number of rotatable bonds is 4. The molecule has 0 aliphatic heterocycles. The predicted octanol–water partition coefficient (Wildman–Crippen LogP) is 3.39. The van der Waals surface area contributed by atoms with E-state index in [9.17, 15) is 4.39 Å². The van der Waals surface area contributed by atoms with Crippen LogP contribution in [0.4, 0.5) is 4.39 Å². The second kappa shape index (κ2) is 6.21. The Balaban J connectivity index is 2.45. The van der Waals surface area contributed by atoms with Crippen LogP contribution in [0.1, 0.15) is 29.9 Å². The van der Waals surface area contributed by atoms with E-state index in [0.29, 0.717) is 22.4 Å². The highest BCUT2D eigenvalue weighted by atomic mass is 79.9. The zero-order valence-electron chi connectivity index (χ0n) is 10.8. The van der Waals surface area contributed by atoms with Crippen molar-refractivity contribution in [2.24, 2.45) is 0 Å². The Morgan fingerprint density at radius 2 is 2.00 bits per heavy atom. The Morgan fingerprint density at radius 1 is 1.32 bits per heavy atom. The van der Waals surface area contributed by atoms with Gasteiger partial charge in [-0.1, -0.05) is 19.1 Å².